The first-order chi connectivity index (χ1) is 8.65. The van der Waals surface area contributed by atoms with E-state index in [9.17, 15) is 9.90 Å². The highest BCUT2D eigenvalue weighted by molar-refractivity contribution is 5.92. The summed E-state index contributed by atoms with van der Waals surface area (Å²) < 4.78 is 0. The van der Waals surface area contributed by atoms with Crippen molar-refractivity contribution in [2.45, 2.75) is 6.42 Å². The van der Waals surface area contributed by atoms with Gasteiger partial charge in [0.1, 0.15) is 0 Å². The molecule has 18 heavy (non-hydrogen) atoms. The van der Waals surface area contributed by atoms with Crippen LogP contribution in [0.25, 0.3) is 0 Å². The molecule has 0 aliphatic carbocycles. The normalized spacial score (nSPS) is 10.0. The van der Waals surface area contributed by atoms with Crippen molar-refractivity contribution in [2.75, 3.05) is 5.32 Å². The van der Waals surface area contributed by atoms with Gasteiger partial charge in [-0.3, -0.25) is 4.79 Å². The van der Waals surface area contributed by atoms with E-state index in [-0.39, 0.29) is 23.8 Å². The predicted molar refractivity (Wildman–Crippen MR) is 68.5 cm³/mol. The van der Waals surface area contributed by atoms with Crippen molar-refractivity contribution in [3.05, 3.63) is 54.1 Å². The van der Waals surface area contributed by atoms with E-state index in [0.717, 1.165) is 5.69 Å². The highest BCUT2D eigenvalue weighted by Gasteiger charge is 2.06. The van der Waals surface area contributed by atoms with Gasteiger partial charge in [0.2, 0.25) is 5.91 Å². The Kier molecular flexibility index (Phi) is 3.48. The van der Waals surface area contributed by atoms with Crippen LogP contribution in [0.15, 0.2) is 48.5 Å². The van der Waals surface area contributed by atoms with E-state index in [1.807, 2.05) is 18.2 Å². The second-order valence-electron chi connectivity index (χ2n) is 3.91. The quantitative estimate of drug-likeness (QED) is 0.724. The van der Waals surface area contributed by atoms with Crippen LogP contribution >= 0.6 is 0 Å². The Morgan fingerprint density at radius 2 is 1.72 bits per heavy atom. The Bertz CT molecular complexity index is 552. The minimum atomic E-state index is -0.222. The second kappa shape index (κ2) is 5.23. The molecule has 0 heterocycles. The van der Waals surface area contributed by atoms with Gasteiger partial charge in [-0.25, -0.2) is 0 Å². The van der Waals surface area contributed by atoms with Crippen LogP contribution in [0, 0.1) is 0 Å². The molecule has 0 bridgehead atoms. The fraction of sp³-hybridized carbons (Fsp3) is 0.0714. The average Bonchev–Trinajstić information content (AvgIpc) is 2.35. The maximum absolute atomic E-state index is 11.7. The Morgan fingerprint density at radius 3 is 2.39 bits per heavy atom. The largest absolute Gasteiger partial charge is 0.504 e. The third-order valence-electron chi connectivity index (χ3n) is 2.46. The first-order valence-corrected chi connectivity index (χ1v) is 5.51. The van der Waals surface area contributed by atoms with Gasteiger partial charge in [0.05, 0.1) is 6.42 Å². The van der Waals surface area contributed by atoms with Gasteiger partial charge in [-0.1, -0.05) is 24.3 Å². The lowest BCUT2D eigenvalue weighted by atomic mass is 10.1. The van der Waals surface area contributed by atoms with Gasteiger partial charge in [-0.05, 0) is 29.8 Å². The van der Waals surface area contributed by atoms with Crippen LogP contribution in [0.4, 0.5) is 5.69 Å². The van der Waals surface area contributed by atoms with Crippen LogP contribution in [0.2, 0.25) is 0 Å². The molecule has 0 radical (unpaired) electrons. The van der Waals surface area contributed by atoms with Crippen molar-refractivity contribution in [2.24, 2.45) is 0 Å². The van der Waals surface area contributed by atoms with Crippen molar-refractivity contribution in [3.8, 4) is 11.5 Å². The SMILES string of the molecule is O=C(Cc1ccc(O)c(O)c1)Nc1ccccc1. The van der Waals surface area contributed by atoms with Gasteiger partial charge in [0.15, 0.2) is 11.5 Å². The maximum atomic E-state index is 11.7. The Labute approximate surface area is 105 Å². The monoisotopic (exact) mass is 243 g/mol. The predicted octanol–water partition coefficient (Wildman–Crippen LogP) is 2.28. The Balaban J connectivity index is 2.01. The molecular formula is C14H13NO3. The number of aromatic hydroxyl groups is 2. The van der Waals surface area contributed by atoms with Crippen LogP contribution < -0.4 is 5.32 Å². The number of hydrogen-bond donors (Lipinski definition) is 3. The van der Waals surface area contributed by atoms with Crippen LogP contribution in [0.1, 0.15) is 5.56 Å². The molecule has 0 saturated heterocycles. The van der Waals surface area contributed by atoms with Gasteiger partial charge in [-0.15, -0.1) is 0 Å². The minimum absolute atomic E-state index is 0.142. The zero-order valence-corrected chi connectivity index (χ0v) is 9.63. The van der Waals surface area contributed by atoms with E-state index in [2.05, 4.69) is 5.32 Å². The van der Waals surface area contributed by atoms with E-state index in [0.29, 0.717) is 5.56 Å². The fourth-order valence-electron chi connectivity index (χ4n) is 1.59. The molecule has 2 rings (SSSR count). The Morgan fingerprint density at radius 1 is 1.00 bits per heavy atom. The molecule has 0 aromatic heterocycles. The lowest BCUT2D eigenvalue weighted by Crippen LogP contribution is -2.14. The number of phenols is 2. The van der Waals surface area contributed by atoms with E-state index < -0.39 is 0 Å². The number of hydrogen-bond acceptors (Lipinski definition) is 3. The summed E-state index contributed by atoms with van der Waals surface area (Å²) in [4.78, 5) is 11.7. The summed E-state index contributed by atoms with van der Waals surface area (Å²) in [5, 5.41) is 21.2. The first kappa shape index (κ1) is 12.0. The molecule has 0 spiro atoms. The summed E-state index contributed by atoms with van der Waals surface area (Å²) in [6, 6.07) is 13.5. The lowest BCUT2D eigenvalue weighted by Gasteiger charge is -2.06. The lowest BCUT2D eigenvalue weighted by molar-refractivity contribution is -0.115. The van der Waals surface area contributed by atoms with Crippen LogP contribution in [-0.4, -0.2) is 16.1 Å². The molecule has 0 saturated carbocycles. The standard InChI is InChI=1S/C14H13NO3/c16-12-7-6-10(8-13(12)17)9-14(18)15-11-4-2-1-3-5-11/h1-8,16-17H,9H2,(H,15,18). The number of para-hydroxylation sites is 1. The number of amides is 1. The summed E-state index contributed by atoms with van der Waals surface area (Å²) in [7, 11) is 0. The molecule has 4 heteroatoms. The number of nitrogens with one attached hydrogen (secondary N) is 1. The molecule has 0 fully saturated rings. The smallest absolute Gasteiger partial charge is 0.228 e. The van der Waals surface area contributed by atoms with Crippen molar-refractivity contribution in [1.82, 2.24) is 0 Å². The third kappa shape index (κ3) is 3.01. The van der Waals surface area contributed by atoms with E-state index in [1.54, 1.807) is 18.2 Å². The number of carbonyl (C=O) groups is 1. The molecule has 0 atom stereocenters. The summed E-state index contributed by atoms with van der Waals surface area (Å²) in [6.07, 6.45) is 0.142. The summed E-state index contributed by atoms with van der Waals surface area (Å²) in [6.45, 7) is 0. The Hall–Kier alpha value is -2.49. The van der Waals surface area contributed by atoms with Gasteiger partial charge < -0.3 is 15.5 Å². The fourth-order valence-corrected chi connectivity index (χ4v) is 1.59. The van der Waals surface area contributed by atoms with Gasteiger partial charge >= 0.3 is 0 Å². The molecule has 92 valence electrons. The van der Waals surface area contributed by atoms with E-state index >= 15 is 0 Å². The summed E-state index contributed by atoms with van der Waals surface area (Å²) >= 11 is 0. The van der Waals surface area contributed by atoms with Crippen molar-refractivity contribution >= 4 is 11.6 Å². The zero-order chi connectivity index (χ0) is 13.0. The number of rotatable bonds is 3. The average molecular weight is 243 g/mol. The third-order valence-corrected chi connectivity index (χ3v) is 2.46. The molecule has 4 nitrogen and oxygen atoms in total. The minimum Gasteiger partial charge on any atom is -0.504 e. The number of phenolic OH excluding ortho intramolecular Hbond substituents is 2. The second-order valence-corrected chi connectivity index (χ2v) is 3.91. The highest BCUT2D eigenvalue weighted by Crippen LogP contribution is 2.25. The van der Waals surface area contributed by atoms with Crippen LogP contribution in [0.5, 0.6) is 11.5 Å². The summed E-state index contributed by atoms with van der Waals surface area (Å²) in [5.41, 5.74) is 1.37. The van der Waals surface area contributed by atoms with Gasteiger partial charge in [-0.2, -0.15) is 0 Å². The maximum Gasteiger partial charge on any atom is 0.228 e. The van der Waals surface area contributed by atoms with Gasteiger partial charge in [0.25, 0.3) is 0 Å². The summed E-state index contributed by atoms with van der Waals surface area (Å²) in [5.74, 6) is -0.589. The molecule has 0 unspecified atom stereocenters. The van der Waals surface area contributed by atoms with E-state index in [1.165, 1.54) is 12.1 Å². The number of carbonyl (C=O) groups excluding carboxylic acids is 1. The van der Waals surface area contributed by atoms with Crippen molar-refractivity contribution in [3.63, 3.8) is 0 Å². The van der Waals surface area contributed by atoms with E-state index in [4.69, 9.17) is 5.11 Å². The van der Waals surface area contributed by atoms with Crippen LogP contribution in [0.3, 0.4) is 0 Å². The number of benzene rings is 2. The first-order valence-electron chi connectivity index (χ1n) is 5.51. The number of anilines is 1. The highest BCUT2D eigenvalue weighted by atomic mass is 16.3. The molecule has 2 aromatic rings. The molecule has 1 amide bonds. The van der Waals surface area contributed by atoms with Gasteiger partial charge in [0, 0.05) is 5.69 Å². The van der Waals surface area contributed by atoms with Crippen molar-refractivity contribution < 1.29 is 15.0 Å². The van der Waals surface area contributed by atoms with Crippen LogP contribution in [-0.2, 0) is 11.2 Å². The zero-order valence-electron chi connectivity index (χ0n) is 9.63. The molecule has 0 aliphatic heterocycles. The van der Waals surface area contributed by atoms with Crippen molar-refractivity contribution in [1.29, 1.82) is 0 Å². The molecule has 2 aromatic carbocycles. The molecular weight excluding hydrogens is 230 g/mol. The topological polar surface area (TPSA) is 69.6 Å². The molecule has 0 aliphatic rings. The molecule has 3 N–H and O–H groups in total.